The Morgan fingerprint density at radius 2 is 2.12 bits per heavy atom. The lowest BCUT2D eigenvalue weighted by Gasteiger charge is -2.29. The monoisotopic (exact) mass is 337 g/mol. The first kappa shape index (κ1) is 17.3. The van der Waals surface area contributed by atoms with Crippen LogP contribution in [0.25, 0.3) is 0 Å². The summed E-state index contributed by atoms with van der Waals surface area (Å²) in [7, 11) is 2.08. The van der Waals surface area contributed by atoms with E-state index >= 15 is 0 Å². The smallest absolute Gasteiger partial charge is 0.236 e. The summed E-state index contributed by atoms with van der Waals surface area (Å²) in [4.78, 5) is 23.1. The van der Waals surface area contributed by atoms with Crippen LogP contribution in [-0.2, 0) is 22.5 Å². The number of aryl methyl sites for hydroxylation is 1. The molecule has 0 aliphatic carbocycles. The van der Waals surface area contributed by atoms with Gasteiger partial charge >= 0.3 is 0 Å². The highest BCUT2D eigenvalue weighted by Gasteiger charge is 2.29. The Kier molecular flexibility index (Phi) is 5.80. The number of hydrogen-bond acceptors (Lipinski definition) is 7. The van der Waals surface area contributed by atoms with Crippen LogP contribution in [0.15, 0.2) is 4.52 Å². The van der Waals surface area contributed by atoms with Gasteiger partial charge in [-0.1, -0.05) is 12.1 Å². The second-order valence-corrected chi connectivity index (χ2v) is 6.54. The molecular weight excluding hydrogens is 310 g/mol. The SMILES string of the molecule is CCc1nc(CN(C)C2CCN(CC(=O)N3CCOCC3)C2)no1. The Bertz CT molecular complexity index is 544. The first-order chi connectivity index (χ1) is 11.7. The van der Waals surface area contributed by atoms with Crippen LogP contribution in [0, 0.1) is 0 Å². The molecule has 1 aromatic rings. The summed E-state index contributed by atoms with van der Waals surface area (Å²) in [6, 6.07) is 0.422. The lowest BCUT2D eigenvalue weighted by molar-refractivity contribution is -0.136. The number of ether oxygens (including phenoxy) is 1. The van der Waals surface area contributed by atoms with Crippen molar-refractivity contribution in [2.75, 3.05) is 53.0 Å². The number of aromatic nitrogens is 2. The van der Waals surface area contributed by atoms with Crippen molar-refractivity contribution in [2.24, 2.45) is 0 Å². The normalized spacial score (nSPS) is 22.5. The highest BCUT2D eigenvalue weighted by molar-refractivity contribution is 5.78. The topological polar surface area (TPSA) is 74.9 Å². The summed E-state index contributed by atoms with van der Waals surface area (Å²) in [5.41, 5.74) is 0. The summed E-state index contributed by atoms with van der Waals surface area (Å²) in [6.45, 7) is 7.79. The summed E-state index contributed by atoms with van der Waals surface area (Å²) in [5.74, 6) is 1.63. The third-order valence-corrected chi connectivity index (χ3v) is 4.80. The molecular formula is C16H27N5O3. The molecule has 0 spiro atoms. The van der Waals surface area contributed by atoms with E-state index in [1.807, 2.05) is 11.8 Å². The molecule has 1 unspecified atom stereocenters. The molecule has 8 heteroatoms. The molecule has 0 radical (unpaired) electrons. The van der Waals surface area contributed by atoms with E-state index in [0.29, 0.717) is 51.3 Å². The van der Waals surface area contributed by atoms with Crippen molar-refractivity contribution in [3.05, 3.63) is 11.7 Å². The van der Waals surface area contributed by atoms with Gasteiger partial charge in [0.1, 0.15) is 0 Å². The highest BCUT2D eigenvalue weighted by Crippen LogP contribution is 2.16. The van der Waals surface area contributed by atoms with Crippen LogP contribution in [-0.4, -0.2) is 89.8 Å². The van der Waals surface area contributed by atoms with Gasteiger partial charge in [-0.05, 0) is 13.5 Å². The number of amides is 1. The number of hydrogen-bond donors (Lipinski definition) is 0. The van der Waals surface area contributed by atoms with Crippen LogP contribution in [0.2, 0.25) is 0 Å². The third-order valence-electron chi connectivity index (χ3n) is 4.80. The molecule has 0 aromatic carbocycles. The molecule has 134 valence electrons. The van der Waals surface area contributed by atoms with Gasteiger partial charge < -0.3 is 14.2 Å². The summed E-state index contributed by atoms with van der Waals surface area (Å²) < 4.78 is 10.5. The van der Waals surface area contributed by atoms with Crippen LogP contribution in [0.5, 0.6) is 0 Å². The fraction of sp³-hybridized carbons (Fsp3) is 0.812. The van der Waals surface area contributed by atoms with Gasteiger partial charge in [0.15, 0.2) is 5.82 Å². The van der Waals surface area contributed by atoms with E-state index in [1.54, 1.807) is 0 Å². The molecule has 2 fully saturated rings. The Morgan fingerprint density at radius 1 is 1.33 bits per heavy atom. The van der Waals surface area contributed by atoms with E-state index in [2.05, 4.69) is 27.0 Å². The number of carbonyl (C=O) groups excluding carboxylic acids is 1. The van der Waals surface area contributed by atoms with Crippen molar-refractivity contribution in [1.29, 1.82) is 0 Å². The summed E-state index contributed by atoms with van der Waals surface area (Å²) in [5, 5.41) is 4.01. The molecule has 1 aromatic heterocycles. The fourth-order valence-corrected chi connectivity index (χ4v) is 3.27. The van der Waals surface area contributed by atoms with Gasteiger partial charge in [0, 0.05) is 38.6 Å². The molecule has 2 saturated heterocycles. The number of carbonyl (C=O) groups is 1. The average Bonchev–Trinajstić information content (AvgIpc) is 3.25. The number of nitrogens with zero attached hydrogens (tertiary/aromatic N) is 5. The van der Waals surface area contributed by atoms with E-state index < -0.39 is 0 Å². The molecule has 3 rings (SSSR count). The maximum atomic E-state index is 12.3. The van der Waals surface area contributed by atoms with E-state index in [4.69, 9.17) is 9.26 Å². The predicted octanol–water partition coefficient (Wildman–Crippen LogP) is -0.00310. The Hall–Kier alpha value is -1.51. The van der Waals surface area contributed by atoms with Crippen LogP contribution in [0.4, 0.5) is 0 Å². The van der Waals surface area contributed by atoms with E-state index in [9.17, 15) is 4.79 Å². The van der Waals surface area contributed by atoms with E-state index in [1.165, 1.54) is 0 Å². The fourth-order valence-electron chi connectivity index (χ4n) is 3.27. The molecule has 2 aliphatic rings. The molecule has 0 saturated carbocycles. The van der Waals surface area contributed by atoms with Gasteiger partial charge in [0.25, 0.3) is 0 Å². The van der Waals surface area contributed by atoms with Crippen LogP contribution < -0.4 is 0 Å². The molecule has 1 amide bonds. The second-order valence-electron chi connectivity index (χ2n) is 6.54. The van der Waals surface area contributed by atoms with Gasteiger partial charge in [-0.15, -0.1) is 0 Å². The lowest BCUT2D eigenvalue weighted by atomic mass is 10.2. The molecule has 24 heavy (non-hydrogen) atoms. The number of rotatable bonds is 6. The van der Waals surface area contributed by atoms with E-state index in [-0.39, 0.29) is 5.91 Å². The van der Waals surface area contributed by atoms with Crippen molar-refractivity contribution in [3.63, 3.8) is 0 Å². The molecule has 2 aliphatic heterocycles. The van der Waals surface area contributed by atoms with Gasteiger partial charge in [0.2, 0.25) is 11.8 Å². The minimum absolute atomic E-state index is 0.215. The van der Waals surface area contributed by atoms with Crippen LogP contribution >= 0.6 is 0 Å². The highest BCUT2D eigenvalue weighted by atomic mass is 16.5. The molecule has 8 nitrogen and oxygen atoms in total. The lowest BCUT2D eigenvalue weighted by Crippen LogP contribution is -2.45. The van der Waals surface area contributed by atoms with Crippen molar-refractivity contribution in [3.8, 4) is 0 Å². The minimum Gasteiger partial charge on any atom is -0.378 e. The first-order valence-electron chi connectivity index (χ1n) is 8.75. The van der Waals surface area contributed by atoms with Crippen molar-refractivity contribution in [1.82, 2.24) is 24.8 Å². The zero-order chi connectivity index (χ0) is 16.9. The standard InChI is InChI=1S/C16H27N5O3/c1-3-15-17-14(18-24-15)11-19(2)13-4-5-20(10-13)12-16(22)21-6-8-23-9-7-21/h13H,3-12H2,1-2H3. The van der Waals surface area contributed by atoms with Gasteiger partial charge in [-0.2, -0.15) is 4.98 Å². The zero-order valence-corrected chi connectivity index (χ0v) is 14.6. The largest absolute Gasteiger partial charge is 0.378 e. The van der Waals surface area contributed by atoms with E-state index in [0.717, 1.165) is 31.8 Å². The Morgan fingerprint density at radius 3 is 2.83 bits per heavy atom. The molecule has 0 N–H and O–H groups in total. The average molecular weight is 337 g/mol. The predicted molar refractivity (Wildman–Crippen MR) is 87.4 cm³/mol. The van der Waals surface area contributed by atoms with Gasteiger partial charge in [0.05, 0.1) is 26.3 Å². The van der Waals surface area contributed by atoms with Crippen molar-refractivity contribution >= 4 is 5.91 Å². The Balaban J connectivity index is 1.44. The van der Waals surface area contributed by atoms with Gasteiger partial charge in [-0.25, -0.2) is 0 Å². The van der Waals surface area contributed by atoms with Gasteiger partial charge in [-0.3, -0.25) is 14.6 Å². The van der Waals surface area contributed by atoms with Crippen molar-refractivity contribution in [2.45, 2.75) is 32.4 Å². The number of likely N-dealkylation sites (N-methyl/N-ethyl adjacent to an activating group) is 1. The first-order valence-corrected chi connectivity index (χ1v) is 8.75. The summed E-state index contributed by atoms with van der Waals surface area (Å²) in [6.07, 6.45) is 1.82. The maximum Gasteiger partial charge on any atom is 0.236 e. The maximum absolute atomic E-state index is 12.3. The minimum atomic E-state index is 0.215. The third kappa shape index (κ3) is 4.31. The van der Waals surface area contributed by atoms with Crippen LogP contribution in [0.1, 0.15) is 25.1 Å². The van der Waals surface area contributed by atoms with Crippen LogP contribution in [0.3, 0.4) is 0 Å². The van der Waals surface area contributed by atoms with Crippen molar-refractivity contribution < 1.29 is 14.1 Å². The molecule has 3 heterocycles. The zero-order valence-electron chi connectivity index (χ0n) is 14.6. The number of morpholine rings is 1. The number of likely N-dealkylation sites (tertiary alicyclic amines) is 1. The summed E-state index contributed by atoms with van der Waals surface area (Å²) >= 11 is 0. The quantitative estimate of drug-likeness (QED) is 0.723. The second kappa shape index (κ2) is 8.04. The molecule has 0 bridgehead atoms. The molecule has 1 atom stereocenters. The Labute approximate surface area is 142 Å².